The van der Waals surface area contributed by atoms with Crippen LogP contribution in [0.1, 0.15) is 12.5 Å². The molecule has 0 radical (unpaired) electrons. The zero-order valence-corrected chi connectivity index (χ0v) is 16.7. The highest BCUT2D eigenvalue weighted by Crippen LogP contribution is 2.32. The third-order valence-electron chi connectivity index (χ3n) is 5.26. The number of nitrogens with zero attached hydrogens (tertiary/aromatic N) is 2. The Hall–Kier alpha value is -2.70. The number of sulfonamides is 1. The molecule has 3 aromatic carbocycles. The summed E-state index contributed by atoms with van der Waals surface area (Å²) in [7, 11) is -2.31. The quantitative estimate of drug-likeness (QED) is 0.681. The Balaban J connectivity index is 1.58. The minimum atomic E-state index is -3.76. The van der Waals surface area contributed by atoms with Gasteiger partial charge in [0.05, 0.1) is 11.4 Å². The normalized spacial score (nSPS) is 16.5. The van der Waals surface area contributed by atoms with Crippen LogP contribution in [-0.4, -0.2) is 38.3 Å². The Labute approximate surface area is 165 Å². The summed E-state index contributed by atoms with van der Waals surface area (Å²) < 4.78 is 27.1. The molecule has 28 heavy (non-hydrogen) atoms. The lowest BCUT2D eigenvalue weighted by Crippen LogP contribution is -2.43. The van der Waals surface area contributed by atoms with Crippen molar-refractivity contribution in [1.82, 2.24) is 4.31 Å². The lowest BCUT2D eigenvalue weighted by Gasteiger charge is -2.25. The number of anilines is 1. The predicted molar refractivity (Wildman–Crippen MR) is 111 cm³/mol. The van der Waals surface area contributed by atoms with Gasteiger partial charge in [0.2, 0.25) is 15.9 Å². The molecule has 0 saturated heterocycles. The number of rotatable bonds is 4. The number of likely N-dealkylation sites (N-methyl/N-ethyl adjacent to an activating group) is 1. The predicted octanol–water partition coefficient (Wildman–Crippen LogP) is 3.44. The van der Waals surface area contributed by atoms with Gasteiger partial charge in [-0.25, -0.2) is 8.42 Å². The van der Waals surface area contributed by atoms with Crippen LogP contribution < -0.4 is 4.90 Å². The van der Waals surface area contributed by atoms with Gasteiger partial charge in [0.25, 0.3) is 0 Å². The van der Waals surface area contributed by atoms with E-state index in [1.165, 1.54) is 7.05 Å². The SMILES string of the molecule is C[C@@H]1Cc2ccccc2N1C(=O)CN(C)S(=O)(=O)c1ccc2ccccc2c1. The van der Waals surface area contributed by atoms with Crippen molar-refractivity contribution in [2.45, 2.75) is 24.3 Å². The first-order valence-corrected chi connectivity index (χ1v) is 10.7. The van der Waals surface area contributed by atoms with Gasteiger partial charge in [-0.15, -0.1) is 0 Å². The molecule has 1 aliphatic rings. The van der Waals surface area contributed by atoms with E-state index in [1.54, 1.807) is 23.1 Å². The minimum absolute atomic E-state index is 0.0154. The molecular formula is C22H22N2O3S. The van der Waals surface area contributed by atoms with Crippen LogP contribution in [0.5, 0.6) is 0 Å². The number of hydrogen-bond donors (Lipinski definition) is 0. The molecular weight excluding hydrogens is 372 g/mol. The van der Waals surface area contributed by atoms with Gasteiger partial charge in [-0.05, 0) is 47.9 Å². The van der Waals surface area contributed by atoms with Gasteiger partial charge in [-0.3, -0.25) is 4.79 Å². The van der Waals surface area contributed by atoms with Crippen molar-refractivity contribution < 1.29 is 13.2 Å². The van der Waals surface area contributed by atoms with Crippen molar-refractivity contribution in [3.63, 3.8) is 0 Å². The lowest BCUT2D eigenvalue weighted by molar-refractivity contribution is -0.118. The standard InChI is InChI=1S/C22H22N2O3S/c1-16-13-19-9-5-6-10-21(19)24(16)22(25)15-23(2)28(26,27)20-12-11-17-7-3-4-8-18(17)14-20/h3-12,14,16H,13,15H2,1-2H3/t16-/m1/s1. The summed E-state index contributed by atoms with van der Waals surface area (Å²) in [5.74, 6) is -0.218. The maximum atomic E-state index is 13.0. The van der Waals surface area contributed by atoms with Crippen molar-refractivity contribution in [1.29, 1.82) is 0 Å². The highest BCUT2D eigenvalue weighted by Gasteiger charge is 2.33. The first kappa shape index (κ1) is 18.7. The second kappa shape index (κ2) is 7.04. The summed E-state index contributed by atoms with van der Waals surface area (Å²) in [4.78, 5) is 14.8. The molecule has 3 aromatic rings. The summed E-state index contributed by atoms with van der Waals surface area (Å²) in [6, 6.07) is 20.4. The van der Waals surface area contributed by atoms with Crippen LogP contribution >= 0.6 is 0 Å². The molecule has 0 bridgehead atoms. The van der Waals surface area contributed by atoms with E-state index in [0.29, 0.717) is 0 Å². The van der Waals surface area contributed by atoms with Crippen LogP contribution in [0.4, 0.5) is 5.69 Å². The van der Waals surface area contributed by atoms with Crippen molar-refractivity contribution in [3.05, 3.63) is 72.3 Å². The summed E-state index contributed by atoms with van der Waals surface area (Å²) >= 11 is 0. The van der Waals surface area contributed by atoms with Crippen LogP contribution in [0.2, 0.25) is 0 Å². The molecule has 0 N–H and O–H groups in total. The first-order valence-electron chi connectivity index (χ1n) is 9.23. The van der Waals surface area contributed by atoms with Gasteiger partial charge in [-0.2, -0.15) is 4.31 Å². The number of amides is 1. The number of benzene rings is 3. The van der Waals surface area contributed by atoms with E-state index in [0.717, 1.165) is 32.7 Å². The van der Waals surface area contributed by atoms with Crippen molar-refractivity contribution in [2.24, 2.45) is 0 Å². The molecule has 1 atom stereocenters. The maximum Gasteiger partial charge on any atom is 0.243 e. The van der Waals surface area contributed by atoms with Gasteiger partial charge in [0.1, 0.15) is 0 Å². The van der Waals surface area contributed by atoms with Crippen molar-refractivity contribution >= 4 is 32.4 Å². The minimum Gasteiger partial charge on any atom is -0.308 e. The van der Waals surface area contributed by atoms with Crippen LogP contribution in [-0.2, 0) is 21.2 Å². The Bertz CT molecular complexity index is 1160. The molecule has 0 spiro atoms. The Kier molecular flexibility index (Phi) is 4.69. The van der Waals surface area contributed by atoms with Crippen LogP contribution in [0.3, 0.4) is 0 Å². The number of hydrogen-bond acceptors (Lipinski definition) is 3. The monoisotopic (exact) mass is 394 g/mol. The van der Waals surface area contributed by atoms with E-state index >= 15 is 0 Å². The fourth-order valence-electron chi connectivity index (χ4n) is 3.81. The molecule has 0 saturated carbocycles. The molecule has 144 valence electrons. The summed E-state index contributed by atoms with van der Waals surface area (Å²) in [5.41, 5.74) is 1.99. The van der Waals surface area contributed by atoms with E-state index in [4.69, 9.17) is 0 Å². The molecule has 0 fully saturated rings. The Morgan fingerprint density at radius 3 is 2.50 bits per heavy atom. The third-order valence-corrected chi connectivity index (χ3v) is 7.06. The summed E-state index contributed by atoms with van der Waals surface area (Å²) in [6.07, 6.45) is 0.781. The fourth-order valence-corrected chi connectivity index (χ4v) is 4.96. The smallest absolute Gasteiger partial charge is 0.243 e. The molecule has 1 amide bonds. The van der Waals surface area contributed by atoms with Crippen LogP contribution in [0.25, 0.3) is 10.8 Å². The number of carbonyl (C=O) groups excluding carboxylic acids is 1. The Morgan fingerprint density at radius 1 is 1.04 bits per heavy atom. The average molecular weight is 394 g/mol. The number of carbonyl (C=O) groups is 1. The van der Waals surface area contributed by atoms with Crippen molar-refractivity contribution in [2.75, 3.05) is 18.5 Å². The van der Waals surface area contributed by atoms with Gasteiger partial charge < -0.3 is 4.90 Å². The van der Waals surface area contributed by atoms with Crippen LogP contribution in [0, 0.1) is 0 Å². The number of para-hydroxylation sites is 1. The third kappa shape index (κ3) is 3.19. The molecule has 0 unspecified atom stereocenters. The topological polar surface area (TPSA) is 57.7 Å². The largest absolute Gasteiger partial charge is 0.308 e. The second-order valence-corrected chi connectivity index (χ2v) is 9.26. The van der Waals surface area contributed by atoms with Crippen molar-refractivity contribution in [3.8, 4) is 0 Å². The van der Waals surface area contributed by atoms with Gasteiger partial charge in [-0.1, -0.05) is 48.5 Å². The van der Waals surface area contributed by atoms with E-state index in [1.807, 2.05) is 55.5 Å². The zero-order chi connectivity index (χ0) is 19.9. The van der Waals surface area contributed by atoms with E-state index in [2.05, 4.69) is 0 Å². The second-order valence-electron chi connectivity index (χ2n) is 7.22. The lowest BCUT2D eigenvalue weighted by atomic mass is 10.1. The molecule has 6 heteroatoms. The highest BCUT2D eigenvalue weighted by molar-refractivity contribution is 7.89. The van der Waals surface area contributed by atoms with E-state index < -0.39 is 10.0 Å². The molecule has 4 rings (SSSR count). The molecule has 0 aromatic heterocycles. The van der Waals surface area contributed by atoms with Gasteiger partial charge in [0, 0.05) is 18.8 Å². The number of fused-ring (bicyclic) bond motifs is 2. The molecule has 1 aliphatic heterocycles. The zero-order valence-electron chi connectivity index (χ0n) is 15.9. The Morgan fingerprint density at radius 2 is 1.71 bits per heavy atom. The van der Waals surface area contributed by atoms with Crippen LogP contribution in [0.15, 0.2) is 71.6 Å². The van der Waals surface area contributed by atoms with E-state index in [9.17, 15) is 13.2 Å². The highest BCUT2D eigenvalue weighted by atomic mass is 32.2. The van der Waals surface area contributed by atoms with Gasteiger partial charge >= 0.3 is 0 Å². The van der Waals surface area contributed by atoms with Gasteiger partial charge in [0.15, 0.2) is 0 Å². The summed E-state index contributed by atoms with van der Waals surface area (Å²) in [5, 5.41) is 1.83. The molecule has 0 aliphatic carbocycles. The van der Waals surface area contributed by atoms with E-state index in [-0.39, 0.29) is 23.4 Å². The molecule has 1 heterocycles. The fraction of sp³-hybridized carbons (Fsp3) is 0.227. The molecule has 5 nitrogen and oxygen atoms in total. The maximum absolute atomic E-state index is 13.0. The average Bonchev–Trinajstić information content (AvgIpc) is 3.03. The first-order chi connectivity index (χ1) is 13.4. The summed E-state index contributed by atoms with van der Waals surface area (Å²) in [6.45, 7) is 1.78.